The van der Waals surface area contributed by atoms with Crippen LogP contribution in [0.2, 0.25) is 0 Å². The lowest BCUT2D eigenvalue weighted by molar-refractivity contribution is -0.130. The van der Waals surface area contributed by atoms with Crippen molar-refractivity contribution < 1.29 is 19.1 Å². The Kier molecular flexibility index (Phi) is 6.28. The molecule has 0 atom stereocenters. The average Bonchev–Trinajstić information content (AvgIpc) is 2.74. The maximum absolute atomic E-state index is 11.9. The molecule has 150 valence electrons. The minimum absolute atomic E-state index is 0.334. The third-order valence-corrected chi connectivity index (χ3v) is 4.36. The number of ether oxygens (including phenoxy) is 2. The lowest BCUT2D eigenvalue weighted by Crippen LogP contribution is -2.08. The van der Waals surface area contributed by atoms with Gasteiger partial charge in [-0.3, -0.25) is 0 Å². The van der Waals surface area contributed by atoms with Gasteiger partial charge in [-0.2, -0.15) is 0 Å². The molecule has 0 heterocycles. The molecule has 0 saturated heterocycles. The van der Waals surface area contributed by atoms with Gasteiger partial charge in [0.05, 0.1) is 0 Å². The Labute approximate surface area is 176 Å². The highest BCUT2D eigenvalue weighted by molar-refractivity contribution is 5.90. The highest BCUT2D eigenvalue weighted by Gasteiger charge is 2.13. The molecule has 0 radical (unpaired) electrons. The second-order valence-corrected chi connectivity index (χ2v) is 6.94. The van der Waals surface area contributed by atoms with Crippen molar-refractivity contribution in [2.24, 2.45) is 0 Å². The predicted octanol–water partition coefficient (Wildman–Crippen LogP) is 5.98. The van der Waals surface area contributed by atoms with Crippen LogP contribution in [0, 0.1) is 0 Å². The van der Waals surface area contributed by atoms with Crippen molar-refractivity contribution in [3.05, 3.63) is 97.1 Å². The Morgan fingerprint density at radius 3 is 1.70 bits per heavy atom. The van der Waals surface area contributed by atoms with Gasteiger partial charge in [-0.15, -0.1) is 0 Å². The predicted molar refractivity (Wildman–Crippen MR) is 118 cm³/mol. The average molecular weight is 398 g/mol. The maximum atomic E-state index is 11.9. The third kappa shape index (κ3) is 4.92. The molecule has 0 N–H and O–H groups in total. The van der Waals surface area contributed by atoms with E-state index in [2.05, 4.69) is 13.2 Å². The SMILES string of the molecule is C=C(C)C(=O)Oc1ccc(-c2ccc(OC(=O)C(=C)C)cc2-c2ccccc2)cc1. The molecule has 0 amide bonds. The summed E-state index contributed by atoms with van der Waals surface area (Å²) in [5.41, 5.74) is 4.45. The van der Waals surface area contributed by atoms with Gasteiger partial charge in [0.1, 0.15) is 11.5 Å². The quantitative estimate of drug-likeness (QED) is 0.291. The summed E-state index contributed by atoms with van der Waals surface area (Å²) in [5, 5.41) is 0. The van der Waals surface area contributed by atoms with E-state index in [-0.39, 0.29) is 0 Å². The number of hydrogen-bond donors (Lipinski definition) is 0. The third-order valence-electron chi connectivity index (χ3n) is 4.36. The number of benzene rings is 3. The number of carbonyl (C=O) groups excluding carboxylic acids is 2. The van der Waals surface area contributed by atoms with Gasteiger partial charge in [-0.25, -0.2) is 9.59 Å². The normalized spacial score (nSPS) is 10.2. The number of esters is 2. The van der Waals surface area contributed by atoms with Gasteiger partial charge >= 0.3 is 11.9 Å². The van der Waals surface area contributed by atoms with Crippen LogP contribution in [0.5, 0.6) is 11.5 Å². The summed E-state index contributed by atoms with van der Waals surface area (Å²) in [7, 11) is 0. The minimum atomic E-state index is -0.467. The van der Waals surface area contributed by atoms with E-state index in [1.807, 2.05) is 54.6 Å². The molecular formula is C26H22O4. The number of carbonyl (C=O) groups is 2. The van der Waals surface area contributed by atoms with Gasteiger partial charge in [0.25, 0.3) is 0 Å². The van der Waals surface area contributed by atoms with Crippen molar-refractivity contribution in [2.75, 3.05) is 0 Å². The molecule has 0 aliphatic rings. The maximum Gasteiger partial charge on any atom is 0.338 e. The smallest absolute Gasteiger partial charge is 0.338 e. The molecule has 30 heavy (non-hydrogen) atoms. The molecule has 0 fully saturated rings. The zero-order chi connectivity index (χ0) is 21.7. The summed E-state index contributed by atoms with van der Waals surface area (Å²) in [4.78, 5) is 23.6. The molecule has 0 bridgehead atoms. The van der Waals surface area contributed by atoms with E-state index >= 15 is 0 Å². The molecule has 3 aromatic carbocycles. The van der Waals surface area contributed by atoms with E-state index in [0.717, 1.165) is 22.3 Å². The van der Waals surface area contributed by atoms with Crippen molar-refractivity contribution in [2.45, 2.75) is 13.8 Å². The molecule has 0 saturated carbocycles. The number of hydrogen-bond acceptors (Lipinski definition) is 4. The standard InChI is InChI=1S/C26H22O4/c1-17(2)25(27)29-21-12-10-20(11-13-21)23-15-14-22(30-26(28)18(3)4)16-24(23)19-8-6-5-7-9-19/h5-16H,1,3H2,2,4H3. The summed E-state index contributed by atoms with van der Waals surface area (Å²) < 4.78 is 10.7. The van der Waals surface area contributed by atoms with Crippen molar-refractivity contribution in [1.82, 2.24) is 0 Å². The molecule has 3 rings (SSSR count). The second-order valence-electron chi connectivity index (χ2n) is 6.94. The molecule has 4 heteroatoms. The van der Waals surface area contributed by atoms with E-state index in [0.29, 0.717) is 22.6 Å². The van der Waals surface area contributed by atoms with Crippen molar-refractivity contribution in [1.29, 1.82) is 0 Å². The van der Waals surface area contributed by atoms with Crippen molar-refractivity contribution in [3.8, 4) is 33.8 Å². The summed E-state index contributed by atoms with van der Waals surface area (Å²) in [5.74, 6) is -0.0421. The monoisotopic (exact) mass is 398 g/mol. The Morgan fingerprint density at radius 1 is 0.633 bits per heavy atom. The lowest BCUT2D eigenvalue weighted by Gasteiger charge is -2.13. The molecule has 0 aromatic heterocycles. The van der Waals surface area contributed by atoms with Crippen molar-refractivity contribution in [3.63, 3.8) is 0 Å². The Bertz CT molecular complexity index is 1110. The van der Waals surface area contributed by atoms with Crippen LogP contribution >= 0.6 is 0 Å². The summed E-state index contributed by atoms with van der Waals surface area (Å²) in [6.07, 6.45) is 0. The van der Waals surface area contributed by atoms with Crippen LogP contribution in [-0.2, 0) is 9.59 Å². The van der Waals surface area contributed by atoms with Gasteiger partial charge in [-0.05, 0) is 60.4 Å². The Hall–Kier alpha value is -3.92. The lowest BCUT2D eigenvalue weighted by atomic mass is 9.94. The summed E-state index contributed by atoms with van der Waals surface area (Å²) >= 11 is 0. The van der Waals surface area contributed by atoms with Gasteiger partial charge in [0.15, 0.2) is 0 Å². The Morgan fingerprint density at radius 2 is 1.13 bits per heavy atom. The summed E-state index contributed by atoms with van der Waals surface area (Å²) in [6, 6.07) is 22.5. The minimum Gasteiger partial charge on any atom is -0.423 e. The van der Waals surface area contributed by atoms with E-state index in [4.69, 9.17) is 9.47 Å². The van der Waals surface area contributed by atoms with E-state index < -0.39 is 11.9 Å². The second kappa shape index (κ2) is 9.05. The molecular weight excluding hydrogens is 376 g/mol. The zero-order valence-electron chi connectivity index (χ0n) is 17.0. The molecule has 0 unspecified atom stereocenters. The first-order valence-corrected chi connectivity index (χ1v) is 9.40. The topological polar surface area (TPSA) is 52.6 Å². The molecule has 3 aromatic rings. The summed E-state index contributed by atoms with van der Waals surface area (Å²) in [6.45, 7) is 10.4. The van der Waals surface area contributed by atoms with Crippen LogP contribution in [-0.4, -0.2) is 11.9 Å². The largest absolute Gasteiger partial charge is 0.423 e. The van der Waals surface area contributed by atoms with Crippen LogP contribution in [0.25, 0.3) is 22.3 Å². The van der Waals surface area contributed by atoms with E-state index in [1.165, 1.54) is 0 Å². The molecule has 0 aliphatic carbocycles. The first-order valence-electron chi connectivity index (χ1n) is 9.40. The highest BCUT2D eigenvalue weighted by Crippen LogP contribution is 2.36. The van der Waals surface area contributed by atoms with Gasteiger partial charge in [0, 0.05) is 11.1 Å². The fraction of sp³-hybridized carbons (Fsp3) is 0.0769. The van der Waals surface area contributed by atoms with Crippen molar-refractivity contribution >= 4 is 11.9 Å². The van der Waals surface area contributed by atoms with Crippen LogP contribution in [0.1, 0.15) is 13.8 Å². The van der Waals surface area contributed by atoms with Crippen LogP contribution in [0.3, 0.4) is 0 Å². The Balaban J connectivity index is 1.99. The molecule has 0 aliphatic heterocycles. The van der Waals surface area contributed by atoms with Crippen LogP contribution in [0.4, 0.5) is 0 Å². The van der Waals surface area contributed by atoms with Gasteiger partial charge in [-0.1, -0.05) is 61.7 Å². The van der Waals surface area contributed by atoms with E-state index in [9.17, 15) is 9.59 Å². The van der Waals surface area contributed by atoms with Crippen LogP contribution < -0.4 is 9.47 Å². The zero-order valence-corrected chi connectivity index (χ0v) is 17.0. The van der Waals surface area contributed by atoms with Gasteiger partial charge < -0.3 is 9.47 Å². The van der Waals surface area contributed by atoms with Crippen LogP contribution in [0.15, 0.2) is 97.1 Å². The first kappa shape index (κ1) is 20.8. The van der Waals surface area contributed by atoms with Gasteiger partial charge in [0.2, 0.25) is 0 Å². The molecule has 0 spiro atoms. The fourth-order valence-corrected chi connectivity index (χ4v) is 2.79. The van der Waals surface area contributed by atoms with E-state index in [1.54, 1.807) is 32.0 Å². The fourth-order valence-electron chi connectivity index (χ4n) is 2.79. The highest BCUT2D eigenvalue weighted by atomic mass is 16.5. The molecule has 4 nitrogen and oxygen atoms in total. The number of rotatable bonds is 6. The first-order chi connectivity index (χ1) is 14.3.